The molecule has 0 saturated carbocycles. The van der Waals surface area contributed by atoms with Gasteiger partial charge in [0.25, 0.3) is 5.91 Å². The van der Waals surface area contributed by atoms with Crippen molar-refractivity contribution in [3.8, 4) is 5.75 Å². The number of benzene rings is 1. The first-order valence-corrected chi connectivity index (χ1v) is 8.55. The molecule has 0 spiro atoms. The van der Waals surface area contributed by atoms with Gasteiger partial charge >= 0.3 is 5.97 Å². The number of hydrogen-bond donors (Lipinski definition) is 2. The van der Waals surface area contributed by atoms with E-state index >= 15 is 0 Å². The van der Waals surface area contributed by atoms with E-state index in [0.717, 1.165) is 5.56 Å². The smallest absolute Gasteiger partial charge is 0.311 e. The number of hydrogen-bond acceptors (Lipinski definition) is 4. The van der Waals surface area contributed by atoms with Crippen LogP contribution in [0.5, 0.6) is 5.75 Å². The fourth-order valence-electron chi connectivity index (χ4n) is 2.90. The second-order valence-corrected chi connectivity index (χ2v) is 7.51. The van der Waals surface area contributed by atoms with Gasteiger partial charge in [-0.15, -0.1) is 0 Å². The van der Waals surface area contributed by atoms with Crippen molar-refractivity contribution < 1.29 is 24.2 Å². The summed E-state index contributed by atoms with van der Waals surface area (Å²) in [5.41, 5.74) is -0.0195. The Labute approximate surface area is 148 Å². The maximum Gasteiger partial charge on any atom is 0.311 e. The highest BCUT2D eigenvalue weighted by Crippen LogP contribution is 2.31. The lowest BCUT2D eigenvalue weighted by atomic mass is 9.80. The third-order valence-corrected chi connectivity index (χ3v) is 4.58. The standard InChI is InChI=1S/C19H27NO5/c1-18(2,3)14-6-4-5-7-15(14)25-12-16(21)20-13-19(17(22)23)8-10-24-11-9-19/h4-7H,8-13H2,1-3H3,(H,20,21)(H,22,23). The molecule has 0 radical (unpaired) electrons. The molecule has 138 valence electrons. The van der Waals surface area contributed by atoms with Gasteiger partial charge in [-0.2, -0.15) is 0 Å². The average molecular weight is 349 g/mol. The molecule has 1 aliphatic heterocycles. The molecule has 0 bridgehead atoms. The highest BCUT2D eigenvalue weighted by molar-refractivity contribution is 5.80. The highest BCUT2D eigenvalue weighted by Gasteiger charge is 2.40. The van der Waals surface area contributed by atoms with E-state index in [0.29, 0.717) is 31.8 Å². The molecule has 0 aromatic heterocycles. The largest absolute Gasteiger partial charge is 0.483 e. The van der Waals surface area contributed by atoms with Gasteiger partial charge in [0.1, 0.15) is 5.75 Å². The van der Waals surface area contributed by atoms with Crippen molar-refractivity contribution in [1.29, 1.82) is 0 Å². The van der Waals surface area contributed by atoms with Gasteiger partial charge < -0.3 is 19.9 Å². The third kappa shape index (κ3) is 4.95. The summed E-state index contributed by atoms with van der Waals surface area (Å²) in [5.74, 6) is -0.546. The molecule has 1 aromatic rings. The molecule has 1 aliphatic rings. The minimum absolute atomic E-state index is 0.0921. The lowest BCUT2D eigenvalue weighted by Crippen LogP contribution is -2.47. The number of amides is 1. The van der Waals surface area contributed by atoms with Gasteiger partial charge in [-0.05, 0) is 29.9 Å². The number of carbonyl (C=O) groups excluding carboxylic acids is 1. The van der Waals surface area contributed by atoms with Crippen LogP contribution in [0.25, 0.3) is 0 Å². The Kier molecular flexibility index (Phi) is 6.06. The zero-order valence-corrected chi connectivity index (χ0v) is 15.1. The van der Waals surface area contributed by atoms with Crippen LogP contribution < -0.4 is 10.1 Å². The maximum absolute atomic E-state index is 12.1. The van der Waals surface area contributed by atoms with Crippen LogP contribution in [-0.2, 0) is 19.7 Å². The molecular weight excluding hydrogens is 322 g/mol. The van der Waals surface area contributed by atoms with Gasteiger partial charge in [-0.1, -0.05) is 39.0 Å². The lowest BCUT2D eigenvalue weighted by molar-refractivity contribution is -0.154. The molecule has 2 N–H and O–H groups in total. The predicted molar refractivity (Wildman–Crippen MR) is 93.8 cm³/mol. The number of para-hydroxylation sites is 1. The molecule has 6 nitrogen and oxygen atoms in total. The van der Waals surface area contributed by atoms with Gasteiger partial charge in [0.15, 0.2) is 6.61 Å². The number of aliphatic carboxylic acids is 1. The first kappa shape index (κ1) is 19.2. The van der Waals surface area contributed by atoms with E-state index in [1.165, 1.54) is 0 Å². The monoisotopic (exact) mass is 349 g/mol. The Morgan fingerprint density at radius 2 is 1.88 bits per heavy atom. The second-order valence-electron chi connectivity index (χ2n) is 7.51. The van der Waals surface area contributed by atoms with E-state index in [4.69, 9.17) is 9.47 Å². The van der Waals surface area contributed by atoms with Crippen molar-refractivity contribution in [2.75, 3.05) is 26.4 Å². The summed E-state index contributed by atoms with van der Waals surface area (Å²) < 4.78 is 10.9. The highest BCUT2D eigenvalue weighted by atomic mass is 16.5. The number of carbonyl (C=O) groups is 2. The first-order valence-electron chi connectivity index (χ1n) is 8.55. The minimum atomic E-state index is -0.947. The summed E-state index contributed by atoms with van der Waals surface area (Å²) in [4.78, 5) is 23.7. The van der Waals surface area contributed by atoms with Crippen LogP contribution in [0.15, 0.2) is 24.3 Å². The summed E-state index contributed by atoms with van der Waals surface area (Å²) in [7, 11) is 0. The van der Waals surface area contributed by atoms with E-state index in [-0.39, 0.29) is 24.5 Å². The van der Waals surface area contributed by atoms with Crippen LogP contribution in [0.3, 0.4) is 0 Å². The zero-order valence-electron chi connectivity index (χ0n) is 15.1. The van der Waals surface area contributed by atoms with Crippen molar-refractivity contribution in [2.24, 2.45) is 5.41 Å². The summed E-state index contributed by atoms with van der Waals surface area (Å²) in [6.45, 7) is 6.99. The Balaban J connectivity index is 1.92. The average Bonchev–Trinajstić information content (AvgIpc) is 2.58. The molecule has 1 heterocycles. The Morgan fingerprint density at radius 1 is 1.24 bits per heavy atom. The van der Waals surface area contributed by atoms with Crippen molar-refractivity contribution in [2.45, 2.75) is 39.0 Å². The molecule has 25 heavy (non-hydrogen) atoms. The first-order chi connectivity index (χ1) is 11.7. The van der Waals surface area contributed by atoms with Gasteiger partial charge in [0.2, 0.25) is 0 Å². The molecule has 2 rings (SSSR count). The molecule has 1 fully saturated rings. The zero-order chi connectivity index (χ0) is 18.5. The SMILES string of the molecule is CC(C)(C)c1ccccc1OCC(=O)NCC1(C(=O)O)CCOCC1. The van der Waals surface area contributed by atoms with E-state index in [2.05, 4.69) is 26.1 Å². The number of ether oxygens (including phenoxy) is 2. The Morgan fingerprint density at radius 3 is 2.48 bits per heavy atom. The van der Waals surface area contributed by atoms with E-state index < -0.39 is 11.4 Å². The number of carboxylic acids is 1. The number of carboxylic acid groups (broad SMARTS) is 1. The van der Waals surface area contributed by atoms with Gasteiger partial charge in [-0.25, -0.2) is 0 Å². The normalized spacial score (nSPS) is 16.9. The molecule has 6 heteroatoms. The topological polar surface area (TPSA) is 84.9 Å². The van der Waals surface area contributed by atoms with E-state index in [1.54, 1.807) is 0 Å². The molecule has 0 atom stereocenters. The molecular formula is C19H27NO5. The van der Waals surface area contributed by atoms with Crippen molar-refractivity contribution in [1.82, 2.24) is 5.32 Å². The Hall–Kier alpha value is -2.08. The fourth-order valence-corrected chi connectivity index (χ4v) is 2.90. The minimum Gasteiger partial charge on any atom is -0.483 e. The molecule has 0 aliphatic carbocycles. The van der Waals surface area contributed by atoms with Crippen molar-refractivity contribution in [3.05, 3.63) is 29.8 Å². The van der Waals surface area contributed by atoms with Crippen LogP contribution >= 0.6 is 0 Å². The van der Waals surface area contributed by atoms with Crippen LogP contribution in [0.4, 0.5) is 0 Å². The second kappa shape index (κ2) is 7.87. The van der Waals surface area contributed by atoms with E-state index in [1.807, 2.05) is 24.3 Å². The lowest BCUT2D eigenvalue weighted by Gasteiger charge is -2.33. The van der Waals surface area contributed by atoms with E-state index in [9.17, 15) is 14.7 Å². The summed E-state index contributed by atoms with van der Waals surface area (Å²) in [6, 6.07) is 7.62. The summed E-state index contributed by atoms with van der Waals surface area (Å²) >= 11 is 0. The maximum atomic E-state index is 12.1. The van der Waals surface area contributed by atoms with Crippen LogP contribution in [0, 0.1) is 5.41 Å². The van der Waals surface area contributed by atoms with Gasteiger partial charge in [-0.3, -0.25) is 9.59 Å². The van der Waals surface area contributed by atoms with Gasteiger partial charge in [0.05, 0.1) is 5.41 Å². The Bertz CT molecular complexity index is 614. The third-order valence-electron chi connectivity index (χ3n) is 4.58. The van der Waals surface area contributed by atoms with Crippen LogP contribution in [0.1, 0.15) is 39.2 Å². The molecule has 1 aromatic carbocycles. The summed E-state index contributed by atoms with van der Waals surface area (Å²) in [6.07, 6.45) is 0.798. The van der Waals surface area contributed by atoms with Gasteiger partial charge in [0, 0.05) is 19.8 Å². The fraction of sp³-hybridized carbons (Fsp3) is 0.579. The van der Waals surface area contributed by atoms with Crippen molar-refractivity contribution >= 4 is 11.9 Å². The van der Waals surface area contributed by atoms with Crippen LogP contribution in [-0.4, -0.2) is 43.3 Å². The summed E-state index contributed by atoms with van der Waals surface area (Å²) in [5, 5.41) is 12.2. The number of rotatable bonds is 6. The molecule has 0 unspecified atom stereocenters. The molecule has 1 amide bonds. The quantitative estimate of drug-likeness (QED) is 0.823. The van der Waals surface area contributed by atoms with Crippen LogP contribution in [0.2, 0.25) is 0 Å². The number of nitrogens with one attached hydrogen (secondary N) is 1. The predicted octanol–water partition coefficient (Wildman–Crippen LogP) is 2.36. The van der Waals surface area contributed by atoms with Crippen molar-refractivity contribution in [3.63, 3.8) is 0 Å². The molecule has 1 saturated heterocycles.